The molecule has 1 atom stereocenters. The molecule has 0 aliphatic carbocycles. The van der Waals surface area contributed by atoms with Crippen molar-refractivity contribution in [2.45, 2.75) is 18.9 Å². The Morgan fingerprint density at radius 1 is 1.17 bits per heavy atom. The molecule has 7 heteroatoms. The highest BCUT2D eigenvalue weighted by atomic mass is 16.5. The largest absolute Gasteiger partial charge is 0.439 e. The standard InChI is InChI=1S/C23H18N4O3/c24-13-15-4-11-22(25-14-15)30-19-7-5-16(6-8-19)23(29)26-18-3-1-2-17(12-18)20-9-10-21(28)27-20/h1-8,11-12,14,20H,9-10H2,(H,26,29)(H,27,28). The Balaban J connectivity index is 1.40. The molecular weight excluding hydrogens is 380 g/mol. The van der Waals surface area contributed by atoms with Crippen LogP contribution in [0.25, 0.3) is 0 Å². The summed E-state index contributed by atoms with van der Waals surface area (Å²) in [6, 6.07) is 19.4. The zero-order valence-corrected chi connectivity index (χ0v) is 16.0. The maximum absolute atomic E-state index is 12.6. The Morgan fingerprint density at radius 3 is 2.67 bits per heavy atom. The number of amides is 2. The van der Waals surface area contributed by atoms with Crippen molar-refractivity contribution in [3.63, 3.8) is 0 Å². The number of anilines is 1. The van der Waals surface area contributed by atoms with Gasteiger partial charge in [0.25, 0.3) is 5.91 Å². The van der Waals surface area contributed by atoms with Gasteiger partial charge in [-0.05, 0) is 54.4 Å². The molecule has 0 bridgehead atoms. The summed E-state index contributed by atoms with van der Waals surface area (Å²) >= 11 is 0. The maximum atomic E-state index is 12.6. The van der Waals surface area contributed by atoms with Crippen LogP contribution in [0.2, 0.25) is 0 Å². The lowest BCUT2D eigenvalue weighted by Crippen LogP contribution is -2.18. The highest BCUT2D eigenvalue weighted by Crippen LogP contribution is 2.26. The molecule has 1 saturated heterocycles. The molecule has 2 amide bonds. The van der Waals surface area contributed by atoms with Crippen molar-refractivity contribution >= 4 is 17.5 Å². The molecular formula is C23H18N4O3. The van der Waals surface area contributed by atoms with Gasteiger partial charge in [0.1, 0.15) is 11.8 Å². The quantitative estimate of drug-likeness (QED) is 0.677. The van der Waals surface area contributed by atoms with Crippen LogP contribution in [0.4, 0.5) is 5.69 Å². The molecule has 30 heavy (non-hydrogen) atoms. The minimum atomic E-state index is -0.245. The van der Waals surface area contributed by atoms with Gasteiger partial charge in [0.05, 0.1) is 11.6 Å². The van der Waals surface area contributed by atoms with Gasteiger partial charge in [-0.25, -0.2) is 4.98 Å². The predicted molar refractivity (Wildman–Crippen MR) is 110 cm³/mol. The number of rotatable bonds is 5. The van der Waals surface area contributed by atoms with E-state index in [4.69, 9.17) is 10.00 Å². The van der Waals surface area contributed by atoms with Crippen LogP contribution in [0, 0.1) is 11.3 Å². The van der Waals surface area contributed by atoms with Crippen molar-refractivity contribution in [1.82, 2.24) is 10.3 Å². The van der Waals surface area contributed by atoms with Gasteiger partial charge < -0.3 is 15.4 Å². The fourth-order valence-electron chi connectivity index (χ4n) is 3.20. The van der Waals surface area contributed by atoms with Crippen LogP contribution >= 0.6 is 0 Å². The van der Waals surface area contributed by atoms with E-state index in [0.717, 1.165) is 12.0 Å². The van der Waals surface area contributed by atoms with Gasteiger partial charge in [0.2, 0.25) is 11.8 Å². The van der Waals surface area contributed by atoms with Gasteiger partial charge in [-0.1, -0.05) is 12.1 Å². The van der Waals surface area contributed by atoms with Crippen LogP contribution in [0.1, 0.15) is 40.4 Å². The molecule has 2 N–H and O–H groups in total. The monoisotopic (exact) mass is 398 g/mol. The number of hydrogen-bond acceptors (Lipinski definition) is 5. The molecule has 1 unspecified atom stereocenters. The van der Waals surface area contributed by atoms with Gasteiger partial charge in [0, 0.05) is 29.9 Å². The zero-order valence-electron chi connectivity index (χ0n) is 16.0. The molecule has 2 aromatic carbocycles. The summed E-state index contributed by atoms with van der Waals surface area (Å²) in [5.74, 6) is 0.698. The number of hydrogen-bond donors (Lipinski definition) is 2. The number of pyridine rings is 1. The molecule has 1 aliphatic rings. The lowest BCUT2D eigenvalue weighted by Gasteiger charge is -2.13. The van der Waals surface area contributed by atoms with Gasteiger partial charge in [0.15, 0.2) is 0 Å². The first kappa shape index (κ1) is 19.2. The number of carbonyl (C=O) groups excluding carboxylic acids is 2. The Kier molecular flexibility index (Phi) is 5.39. The summed E-state index contributed by atoms with van der Waals surface area (Å²) in [5.41, 5.74) is 2.57. The van der Waals surface area contributed by atoms with Crippen LogP contribution in [0.5, 0.6) is 11.6 Å². The topological polar surface area (TPSA) is 104 Å². The average Bonchev–Trinajstić information content (AvgIpc) is 3.21. The van der Waals surface area contributed by atoms with Crippen LogP contribution in [0.3, 0.4) is 0 Å². The number of nitrogens with zero attached hydrogens (tertiary/aromatic N) is 2. The summed E-state index contributed by atoms with van der Waals surface area (Å²) in [6.07, 6.45) is 2.71. The Bertz CT molecular complexity index is 1120. The zero-order chi connectivity index (χ0) is 20.9. The summed E-state index contributed by atoms with van der Waals surface area (Å²) in [7, 11) is 0. The number of nitrogens with one attached hydrogen (secondary N) is 2. The fraction of sp³-hybridized carbons (Fsp3) is 0.130. The van der Waals surface area contributed by atoms with Crippen molar-refractivity contribution in [3.05, 3.63) is 83.6 Å². The predicted octanol–water partition coefficient (Wildman–Crippen LogP) is 3.95. The second kappa shape index (κ2) is 8.45. The van der Waals surface area contributed by atoms with E-state index < -0.39 is 0 Å². The Labute approximate surface area is 173 Å². The SMILES string of the molecule is N#Cc1ccc(Oc2ccc(C(=O)Nc3cccc(C4CCC(=O)N4)c3)cc2)nc1. The third kappa shape index (κ3) is 4.45. The Hall–Kier alpha value is -4.18. The molecule has 4 rings (SSSR count). The summed E-state index contributed by atoms with van der Waals surface area (Å²) in [5, 5.41) is 14.6. The van der Waals surface area contributed by atoms with Gasteiger partial charge >= 0.3 is 0 Å². The Morgan fingerprint density at radius 2 is 2.00 bits per heavy atom. The van der Waals surface area contributed by atoms with Crippen molar-refractivity contribution in [2.75, 3.05) is 5.32 Å². The molecule has 2 heterocycles. The first-order valence-corrected chi connectivity index (χ1v) is 9.45. The lowest BCUT2D eigenvalue weighted by atomic mass is 10.0. The highest BCUT2D eigenvalue weighted by Gasteiger charge is 2.22. The van der Waals surface area contributed by atoms with Crippen LogP contribution in [0.15, 0.2) is 66.9 Å². The summed E-state index contributed by atoms with van der Waals surface area (Å²) < 4.78 is 5.63. The minimum absolute atomic E-state index is 0.0124. The number of aromatic nitrogens is 1. The van der Waals surface area contributed by atoms with E-state index in [0.29, 0.717) is 34.9 Å². The molecule has 7 nitrogen and oxygen atoms in total. The van der Waals surface area contributed by atoms with Crippen LogP contribution < -0.4 is 15.4 Å². The lowest BCUT2D eigenvalue weighted by molar-refractivity contribution is -0.119. The maximum Gasteiger partial charge on any atom is 0.255 e. The van der Waals surface area contributed by atoms with Gasteiger partial charge in [-0.3, -0.25) is 9.59 Å². The van der Waals surface area contributed by atoms with E-state index >= 15 is 0 Å². The number of benzene rings is 2. The molecule has 3 aromatic rings. The van der Waals surface area contributed by atoms with Crippen molar-refractivity contribution in [3.8, 4) is 17.7 Å². The van der Waals surface area contributed by atoms with Gasteiger partial charge in [-0.2, -0.15) is 5.26 Å². The average molecular weight is 398 g/mol. The van der Waals surface area contributed by atoms with Gasteiger partial charge in [-0.15, -0.1) is 0 Å². The minimum Gasteiger partial charge on any atom is -0.439 e. The third-order valence-electron chi connectivity index (χ3n) is 4.75. The first-order valence-electron chi connectivity index (χ1n) is 9.45. The second-order valence-electron chi connectivity index (χ2n) is 6.86. The van der Waals surface area contributed by atoms with Crippen LogP contribution in [-0.2, 0) is 4.79 Å². The highest BCUT2D eigenvalue weighted by molar-refractivity contribution is 6.04. The van der Waals surface area contributed by atoms with E-state index in [-0.39, 0.29) is 17.9 Å². The van der Waals surface area contributed by atoms with E-state index in [2.05, 4.69) is 15.6 Å². The van der Waals surface area contributed by atoms with Crippen LogP contribution in [-0.4, -0.2) is 16.8 Å². The first-order chi connectivity index (χ1) is 14.6. The molecule has 0 radical (unpaired) electrons. The van der Waals surface area contributed by atoms with Crippen molar-refractivity contribution in [2.24, 2.45) is 0 Å². The molecule has 148 valence electrons. The molecule has 1 aliphatic heterocycles. The van der Waals surface area contributed by atoms with E-state index in [1.54, 1.807) is 36.4 Å². The molecule has 1 aromatic heterocycles. The summed E-state index contributed by atoms with van der Waals surface area (Å²) in [6.45, 7) is 0. The smallest absolute Gasteiger partial charge is 0.255 e. The van der Waals surface area contributed by atoms with E-state index in [9.17, 15) is 9.59 Å². The fourth-order valence-corrected chi connectivity index (χ4v) is 3.20. The summed E-state index contributed by atoms with van der Waals surface area (Å²) in [4.78, 5) is 28.1. The molecule has 1 fully saturated rings. The third-order valence-corrected chi connectivity index (χ3v) is 4.75. The second-order valence-corrected chi connectivity index (χ2v) is 6.86. The number of ether oxygens (including phenoxy) is 1. The van der Waals surface area contributed by atoms with E-state index in [1.807, 2.05) is 30.3 Å². The number of nitriles is 1. The number of carbonyl (C=O) groups is 2. The normalized spacial score (nSPS) is 15.2. The van der Waals surface area contributed by atoms with E-state index in [1.165, 1.54) is 6.20 Å². The molecule has 0 spiro atoms. The molecule has 0 saturated carbocycles. The van der Waals surface area contributed by atoms with Crippen molar-refractivity contribution in [1.29, 1.82) is 5.26 Å². The van der Waals surface area contributed by atoms with Crippen molar-refractivity contribution < 1.29 is 14.3 Å².